The number of hydrogen-bond donors (Lipinski definition) is 2. The molecule has 0 radical (unpaired) electrons. The van der Waals surface area contributed by atoms with Crippen LogP contribution < -0.4 is 5.32 Å². The van der Waals surface area contributed by atoms with Gasteiger partial charge in [-0.05, 0) is 19.1 Å². The highest BCUT2D eigenvalue weighted by Gasteiger charge is 2.13. The summed E-state index contributed by atoms with van der Waals surface area (Å²) in [6, 6.07) is 2.68. The van der Waals surface area contributed by atoms with Crippen LogP contribution in [0.3, 0.4) is 0 Å². The normalized spacial score (nSPS) is 12.5. The van der Waals surface area contributed by atoms with Crippen LogP contribution in [-0.2, 0) is 11.3 Å². The number of carboxylic acids is 1. The Kier molecular flexibility index (Phi) is 3.74. The third-order valence-electron chi connectivity index (χ3n) is 2.02. The summed E-state index contributed by atoms with van der Waals surface area (Å²) >= 11 is 0. The Balaban J connectivity index is 2.69. The molecule has 15 heavy (non-hydrogen) atoms. The first-order valence-corrected chi connectivity index (χ1v) is 4.41. The lowest BCUT2D eigenvalue weighted by Gasteiger charge is -2.10. The molecule has 0 saturated carbocycles. The van der Waals surface area contributed by atoms with Crippen LogP contribution >= 0.6 is 0 Å². The van der Waals surface area contributed by atoms with Gasteiger partial charge in [-0.25, -0.2) is 8.78 Å². The van der Waals surface area contributed by atoms with E-state index in [0.717, 1.165) is 12.1 Å². The van der Waals surface area contributed by atoms with Crippen LogP contribution in [0.25, 0.3) is 0 Å². The van der Waals surface area contributed by atoms with Gasteiger partial charge in [0.2, 0.25) is 0 Å². The van der Waals surface area contributed by atoms with E-state index >= 15 is 0 Å². The highest BCUT2D eigenvalue weighted by Crippen LogP contribution is 2.11. The van der Waals surface area contributed by atoms with Crippen molar-refractivity contribution >= 4 is 5.97 Å². The standard InChI is InChI=1S/C10H11F2NO2/c1-6(10(14)15)13-5-7-8(11)3-2-4-9(7)12/h2-4,6,13H,5H2,1H3,(H,14,15)/t6-/m0/s1. The van der Waals surface area contributed by atoms with Crippen molar-refractivity contribution in [2.45, 2.75) is 19.5 Å². The van der Waals surface area contributed by atoms with Crippen molar-refractivity contribution in [3.05, 3.63) is 35.4 Å². The SMILES string of the molecule is C[C@H](NCc1c(F)cccc1F)C(=O)O. The molecule has 0 unspecified atom stereocenters. The van der Waals surface area contributed by atoms with Gasteiger partial charge < -0.3 is 10.4 Å². The number of halogens is 2. The van der Waals surface area contributed by atoms with Crippen molar-refractivity contribution in [2.24, 2.45) is 0 Å². The summed E-state index contributed by atoms with van der Waals surface area (Å²) < 4.78 is 26.1. The predicted molar refractivity (Wildman–Crippen MR) is 50.3 cm³/mol. The fraction of sp³-hybridized carbons (Fsp3) is 0.300. The first kappa shape index (κ1) is 11.6. The lowest BCUT2D eigenvalue weighted by Crippen LogP contribution is -2.33. The third kappa shape index (κ3) is 2.99. The summed E-state index contributed by atoms with van der Waals surface area (Å²) in [4.78, 5) is 10.4. The molecule has 0 heterocycles. The first-order valence-electron chi connectivity index (χ1n) is 4.41. The zero-order chi connectivity index (χ0) is 11.4. The van der Waals surface area contributed by atoms with Gasteiger partial charge in [0.1, 0.15) is 17.7 Å². The third-order valence-corrected chi connectivity index (χ3v) is 2.02. The van der Waals surface area contributed by atoms with Crippen LogP contribution in [-0.4, -0.2) is 17.1 Å². The molecule has 0 aromatic heterocycles. The van der Waals surface area contributed by atoms with Gasteiger partial charge >= 0.3 is 5.97 Å². The van der Waals surface area contributed by atoms with Crippen molar-refractivity contribution in [1.29, 1.82) is 0 Å². The number of hydrogen-bond acceptors (Lipinski definition) is 2. The number of rotatable bonds is 4. The van der Waals surface area contributed by atoms with Gasteiger partial charge in [0.05, 0.1) is 0 Å². The maximum Gasteiger partial charge on any atom is 0.320 e. The second-order valence-electron chi connectivity index (χ2n) is 3.14. The lowest BCUT2D eigenvalue weighted by molar-refractivity contribution is -0.139. The van der Waals surface area contributed by atoms with Gasteiger partial charge in [0.25, 0.3) is 0 Å². The molecule has 0 fully saturated rings. The van der Waals surface area contributed by atoms with E-state index in [9.17, 15) is 13.6 Å². The Morgan fingerprint density at radius 3 is 2.47 bits per heavy atom. The molecular formula is C10H11F2NO2. The molecule has 5 heteroatoms. The van der Waals surface area contributed by atoms with Gasteiger partial charge in [-0.3, -0.25) is 4.79 Å². The van der Waals surface area contributed by atoms with Crippen molar-refractivity contribution in [1.82, 2.24) is 5.32 Å². The van der Waals surface area contributed by atoms with Crippen LogP contribution in [0, 0.1) is 11.6 Å². The van der Waals surface area contributed by atoms with E-state index in [1.807, 2.05) is 0 Å². The Hall–Kier alpha value is -1.49. The van der Waals surface area contributed by atoms with Gasteiger partial charge in [0.15, 0.2) is 0 Å². The maximum atomic E-state index is 13.1. The minimum Gasteiger partial charge on any atom is -0.480 e. The van der Waals surface area contributed by atoms with E-state index in [1.54, 1.807) is 0 Å². The summed E-state index contributed by atoms with van der Waals surface area (Å²) in [7, 11) is 0. The summed E-state index contributed by atoms with van der Waals surface area (Å²) in [6.07, 6.45) is 0. The monoisotopic (exact) mass is 215 g/mol. The second kappa shape index (κ2) is 4.84. The quantitative estimate of drug-likeness (QED) is 0.800. The average Bonchev–Trinajstić information content (AvgIpc) is 2.16. The van der Waals surface area contributed by atoms with E-state index in [0.29, 0.717) is 0 Å². The summed E-state index contributed by atoms with van der Waals surface area (Å²) in [6.45, 7) is 1.26. The molecule has 0 aliphatic rings. The zero-order valence-electron chi connectivity index (χ0n) is 8.13. The minimum atomic E-state index is -1.06. The Morgan fingerprint density at radius 2 is 2.00 bits per heavy atom. The van der Waals surface area contributed by atoms with Crippen LogP contribution in [0.15, 0.2) is 18.2 Å². The van der Waals surface area contributed by atoms with E-state index in [-0.39, 0.29) is 12.1 Å². The molecule has 0 bridgehead atoms. The van der Waals surface area contributed by atoms with Gasteiger partial charge in [-0.15, -0.1) is 0 Å². The fourth-order valence-corrected chi connectivity index (χ4v) is 1.04. The van der Waals surface area contributed by atoms with E-state index < -0.39 is 23.6 Å². The molecule has 82 valence electrons. The topological polar surface area (TPSA) is 49.3 Å². The van der Waals surface area contributed by atoms with Gasteiger partial charge in [-0.1, -0.05) is 6.07 Å². The van der Waals surface area contributed by atoms with Crippen LogP contribution in [0.1, 0.15) is 12.5 Å². The van der Waals surface area contributed by atoms with Crippen LogP contribution in [0.5, 0.6) is 0 Å². The maximum absolute atomic E-state index is 13.1. The van der Waals surface area contributed by atoms with Gasteiger partial charge in [0, 0.05) is 12.1 Å². The van der Waals surface area contributed by atoms with Crippen LogP contribution in [0.4, 0.5) is 8.78 Å². The molecular weight excluding hydrogens is 204 g/mol. The highest BCUT2D eigenvalue weighted by atomic mass is 19.1. The lowest BCUT2D eigenvalue weighted by atomic mass is 10.2. The number of carbonyl (C=O) groups is 1. The Labute approximate surface area is 85.7 Å². The molecule has 1 aromatic rings. The molecule has 1 atom stereocenters. The number of nitrogens with one attached hydrogen (secondary N) is 1. The molecule has 2 N–H and O–H groups in total. The van der Waals surface area contributed by atoms with Crippen molar-refractivity contribution in [3.8, 4) is 0 Å². The number of carboxylic acid groups (broad SMARTS) is 1. The molecule has 0 saturated heterocycles. The highest BCUT2D eigenvalue weighted by molar-refractivity contribution is 5.72. The number of aliphatic carboxylic acids is 1. The van der Waals surface area contributed by atoms with Crippen molar-refractivity contribution in [2.75, 3.05) is 0 Å². The minimum absolute atomic E-state index is 0.147. The van der Waals surface area contributed by atoms with E-state index in [2.05, 4.69) is 5.32 Å². The smallest absolute Gasteiger partial charge is 0.320 e. The molecule has 1 rings (SSSR count). The molecule has 0 spiro atoms. The zero-order valence-corrected chi connectivity index (χ0v) is 8.13. The van der Waals surface area contributed by atoms with E-state index in [4.69, 9.17) is 5.11 Å². The second-order valence-corrected chi connectivity index (χ2v) is 3.14. The molecule has 0 aliphatic heterocycles. The largest absolute Gasteiger partial charge is 0.480 e. The first-order chi connectivity index (χ1) is 7.02. The predicted octanol–water partition coefficient (Wildman–Crippen LogP) is 1.53. The summed E-state index contributed by atoms with van der Waals surface area (Å²) in [5.74, 6) is -2.42. The number of benzene rings is 1. The van der Waals surface area contributed by atoms with E-state index in [1.165, 1.54) is 13.0 Å². The Bertz CT molecular complexity index is 348. The fourth-order valence-electron chi connectivity index (χ4n) is 1.04. The summed E-state index contributed by atoms with van der Waals surface area (Å²) in [5.41, 5.74) is -0.148. The average molecular weight is 215 g/mol. The summed E-state index contributed by atoms with van der Waals surface area (Å²) in [5, 5.41) is 11.0. The van der Waals surface area contributed by atoms with Crippen molar-refractivity contribution < 1.29 is 18.7 Å². The molecule has 3 nitrogen and oxygen atoms in total. The van der Waals surface area contributed by atoms with Crippen molar-refractivity contribution in [3.63, 3.8) is 0 Å². The van der Waals surface area contributed by atoms with Gasteiger partial charge in [-0.2, -0.15) is 0 Å². The Morgan fingerprint density at radius 1 is 1.47 bits per heavy atom. The molecule has 0 amide bonds. The molecule has 0 aliphatic carbocycles. The van der Waals surface area contributed by atoms with Crippen LogP contribution in [0.2, 0.25) is 0 Å². The molecule has 1 aromatic carbocycles.